The van der Waals surface area contributed by atoms with Crippen molar-refractivity contribution in [3.63, 3.8) is 0 Å². The molecule has 0 radical (unpaired) electrons. The van der Waals surface area contributed by atoms with E-state index in [1.165, 1.54) is 0 Å². The third-order valence-electron chi connectivity index (χ3n) is 4.04. The Morgan fingerprint density at radius 1 is 1.23 bits per heavy atom. The Morgan fingerprint density at radius 3 is 2.32 bits per heavy atom. The monoisotopic (exact) mass is 307 g/mol. The molecule has 120 valence electrons. The molecule has 0 aliphatic heterocycles. The van der Waals surface area contributed by atoms with E-state index in [-0.39, 0.29) is 11.9 Å². The smallest absolute Gasteiger partial charge is 0.307 e. The number of methoxy groups -OCH3 is 2. The largest absolute Gasteiger partial charge is 0.493 e. The van der Waals surface area contributed by atoms with Crippen LogP contribution in [0.5, 0.6) is 11.5 Å². The molecule has 6 nitrogen and oxygen atoms in total. The van der Waals surface area contributed by atoms with Crippen molar-refractivity contribution in [1.82, 2.24) is 5.32 Å². The fourth-order valence-electron chi connectivity index (χ4n) is 2.62. The summed E-state index contributed by atoms with van der Waals surface area (Å²) in [5, 5.41) is 11.8. The summed E-state index contributed by atoms with van der Waals surface area (Å²) in [6, 6.07) is 3.46. The maximum atomic E-state index is 12.1. The Morgan fingerprint density at radius 2 is 1.82 bits per heavy atom. The predicted molar refractivity (Wildman–Crippen MR) is 80.1 cm³/mol. The standard InChI is InChI=1S/C16H21NO5/c1-8-5-13(21-3)14(22-4)7-10(8)9(2)17-15(18)11-6-12(11)16(19)20/h5,7,9,11-12H,6H2,1-4H3,(H,17,18)(H,19,20)/t9-,11-,12+/m0/s1. The molecule has 0 heterocycles. The minimum Gasteiger partial charge on any atom is -0.493 e. The molecule has 1 aliphatic carbocycles. The van der Waals surface area contributed by atoms with Crippen molar-refractivity contribution in [2.45, 2.75) is 26.3 Å². The molecule has 22 heavy (non-hydrogen) atoms. The average molecular weight is 307 g/mol. The summed E-state index contributed by atoms with van der Waals surface area (Å²) in [6.45, 7) is 3.79. The molecule has 0 saturated heterocycles. The van der Waals surface area contributed by atoms with E-state index < -0.39 is 17.8 Å². The highest BCUT2D eigenvalue weighted by atomic mass is 16.5. The highest BCUT2D eigenvalue weighted by Crippen LogP contribution is 2.39. The van der Waals surface area contributed by atoms with Crippen molar-refractivity contribution in [2.24, 2.45) is 11.8 Å². The molecular weight excluding hydrogens is 286 g/mol. The van der Waals surface area contributed by atoms with Crippen LogP contribution in [0.2, 0.25) is 0 Å². The Bertz CT molecular complexity index is 598. The number of aliphatic carboxylic acids is 1. The van der Waals surface area contributed by atoms with Crippen LogP contribution in [-0.2, 0) is 9.59 Å². The molecule has 0 unspecified atom stereocenters. The number of nitrogens with one attached hydrogen (secondary N) is 1. The molecular formula is C16H21NO5. The summed E-state index contributed by atoms with van der Waals surface area (Å²) in [5.41, 5.74) is 1.88. The van der Waals surface area contributed by atoms with E-state index in [1.807, 2.05) is 26.0 Å². The molecule has 0 spiro atoms. The van der Waals surface area contributed by atoms with Gasteiger partial charge in [-0.05, 0) is 43.5 Å². The second kappa shape index (κ2) is 6.25. The van der Waals surface area contributed by atoms with Gasteiger partial charge in [-0.25, -0.2) is 0 Å². The summed E-state index contributed by atoms with van der Waals surface area (Å²) in [7, 11) is 3.13. The van der Waals surface area contributed by atoms with Gasteiger partial charge in [0.25, 0.3) is 0 Å². The second-order valence-corrected chi connectivity index (χ2v) is 5.58. The first kappa shape index (κ1) is 16.1. The number of carbonyl (C=O) groups is 2. The highest BCUT2D eigenvalue weighted by Gasteiger charge is 2.48. The summed E-state index contributed by atoms with van der Waals surface area (Å²) in [6.07, 6.45) is 0.415. The number of rotatable bonds is 6. The lowest BCUT2D eigenvalue weighted by Crippen LogP contribution is -2.29. The van der Waals surface area contributed by atoms with Gasteiger partial charge in [0.05, 0.1) is 32.1 Å². The predicted octanol–water partition coefficient (Wildman–Crippen LogP) is 1.91. The van der Waals surface area contributed by atoms with Crippen molar-refractivity contribution in [3.8, 4) is 11.5 Å². The first-order valence-electron chi connectivity index (χ1n) is 7.14. The van der Waals surface area contributed by atoms with Crippen molar-refractivity contribution in [3.05, 3.63) is 23.3 Å². The van der Waals surface area contributed by atoms with Crippen LogP contribution in [0.3, 0.4) is 0 Å². The zero-order valence-corrected chi connectivity index (χ0v) is 13.2. The van der Waals surface area contributed by atoms with Crippen LogP contribution in [0, 0.1) is 18.8 Å². The van der Waals surface area contributed by atoms with Crippen molar-refractivity contribution >= 4 is 11.9 Å². The Kier molecular flexibility index (Phi) is 4.59. The fraction of sp³-hybridized carbons (Fsp3) is 0.500. The van der Waals surface area contributed by atoms with Gasteiger partial charge >= 0.3 is 5.97 Å². The normalized spacial score (nSPS) is 20.9. The summed E-state index contributed by atoms with van der Waals surface area (Å²) >= 11 is 0. The zero-order valence-electron chi connectivity index (χ0n) is 13.2. The van der Waals surface area contributed by atoms with Gasteiger partial charge in [0, 0.05) is 0 Å². The first-order chi connectivity index (χ1) is 10.4. The van der Waals surface area contributed by atoms with Crippen LogP contribution in [0.15, 0.2) is 12.1 Å². The number of benzene rings is 1. The van der Waals surface area contributed by atoms with Crippen molar-refractivity contribution in [2.75, 3.05) is 14.2 Å². The third-order valence-corrected chi connectivity index (χ3v) is 4.04. The maximum Gasteiger partial charge on any atom is 0.307 e. The molecule has 1 aliphatic rings. The van der Waals surface area contributed by atoms with Gasteiger partial charge in [0.1, 0.15) is 0 Å². The minimum absolute atomic E-state index is 0.214. The first-order valence-corrected chi connectivity index (χ1v) is 7.14. The number of hydrogen-bond acceptors (Lipinski definition) is 4. The molecule has 2 rings (SSSR count). The van der Waals surface area contributed by atoms with Crippen LogP contribution < -0.4 is 14.8 Å². The molecule has 1 aromatic rings. The Balaban J connectivity index is 2.11. The van der Waals surface area contributed by atoms with Gasteiger partial charge in [-0.2, -0.15) is 0 Å². The molecule has 3 atom stereocenters. The molecule has 1 fully saturated rings. The van der Waals surface area contributed by atoms with Crippen LogP contribution in [0.25, 0.3) is 0 Å². The van der Waals surface area contributed by atoms with E-state index in [0.29, 0.717) is 17.9 Å². The van der Waals surface area contributed by atoms with Crippen molar-refractivity contribution < 1.29 is 24.2 Å². The van der Waals surface area contributed by atoms with Crippen LogP contribution in [0.1, 0.15) is 30.5 Å². The molecule has 0 aromatic heterocycles. The van der Waals surface area contributed by atoms with Gasteiger partial charge in [-0.15, -0.1) is 0 Å². The Labute approximate surface area is 129 Å². The number of carboxylic acids is 1. The minimum atomic E-state index is -0.907. The van der Waals surface area contributed by atoms with E-state index >= 15 is 0 Å². The average Bonchev–Trinajstić information content (AvgIpc) is 3.27. The topological polar surface area (TPSA) is 84.9 Å². The van der Waals surface area contributed by atoms with E-state index in [9.17, 15) is 9.59 Å². The lowest BCUT2D eigenvalue weighted by molar-refractivity contribution is -0.140. The molecule has 6 heteroatoms. The van der Waals surface area contributed by atoms with Gasteiger partial charge in [0.2, 0.25) is 5.91 Å². The number of carbonyl (C=O) groups excluding carboxylic acids is 1. The zero-order chi connectivity index (χ0) is 16.4. The SMILES string of the molecule is COc1cc(C)c([C@H](C)NC(=O)[C@H]2C[C@H]2C(=O)O)cc1OC. The number of hydrogen-bond donors (Lipinski definition) is 2. The Hall–Kier alpha value is -2.24. The van der Waals surface area contributed by atoms with Crippen LogP contribution >= 0.6 is 0 Å². The molecule has 1 aromatic carbocycles. The van der Waals surface area contributed by atoms with E-state index in [0.717, 1.165) is 11.1 Å². The van der Waals surface area contributed by atoms with Gasteiger partial charge in [-0.3, -0.25) is 9.59 Å². The number of amides is 1. The summed E-state index contributed by atoms with van der Waals surface area (Å²) in [4.78, 5) is 22.9. The van der Waals surface area contributed by atoms with E-state index in [4.69, 9.17) is 14.6 Å². The van der Waals surface area contributed by atoms with Crippen LogP contribution in [0.4, 0.5) is 0 Å². The van der Waals surface area contributed by atoms with Gasteiger partial charge < -0.3 is 19.9 Å². The lowest BCUT2D eigenvalue weighted by Gasteiger charge is -2.19. The summed E-state index contributed by atoms with van der Waals surface area (Å²) in [5.74, 6) is -0.849. The van der Waals surface area contributed by atoms with Crippen LogP contribution in [-0.4, -0.2) is 31.2 Å². The second-order valence-electron chi connectivity index (χ2n) is 5.58. The maximum absolute atomic E-state index is 12.1. The van der Waals surface area contributed by atoms with E-state index in [1.54, 1.807) is 14.2 Å². The fourth-order valence-corrected chi connectivity index (χ4v) is 2.62. The number of aryl methyl sites for hydroxylation is 1. The van der Waals surface area contributed by atoms with Gasteiger partial charge in [0.15, 0.2) is 11.5 Å². The highest BCUT2D eigenvalue weighted by molar-refractivity contribution is 5.89. The number of carboxylic acid groups (broad SMARTS) is 1. The molecule has 1 amide bonds. The molecule has 1 saturated carbocycles. The third kappa shape index (κ3) is 3.16. The summed E-state index contributed by atoms with van der Waals surface area (Å²) < 4.78 is 10.5. The quantitative estimate of drug-likeness (QED) is 0.838. The van der Waals surface area contributed by atoms with Gasteiger partial charge in [-0.1, -0.05) is 0 Å². The number of ether oxygens (including phenoxy) is 2. The molecule has 2 N–H and O–H groups in total. The lowest BCUT2D eigenvalue weighted by atomic mass is 10.0. The molecule has 0 bridgehead atoms. The van der Waals surface area contributed by atoms with Crippen molar-refractivity contribution in [1.29, 1.82) is 0 Å². The van der Waals surface area contributed by atoms with E-state index in [2.05, 4.69) is 5.32 Å².